The molecule has 0 amide bonds. The highest BCUT2D eigenvalue weighted by atomic mass is 16.3. The summed E-state index contributed by atoms with van der Waals surface area (Å²) >= 11 is 0. The summed E-state index contributed by atoms with van der Waals surface area (Å²) in [5.41, 5.74) is 4.51. The van der Waals surface area contributed by atoms with Crippen molar-refractivity contribution in [3.63, 3.8) is 0 Å². The van der Waals surface area contributed by atoms with Crippen molar-refractivity contribution in [1.82, 2.24) is 4.90 Å². The van der Waals surface area contributed by atoms with E-state index in [-0.39, 0.29) is 11.5 Å². The minimum absolute atomic E-state index is 0.142. The van der Waals surface area contributed by atoms with Crippen LogP contribution in [0.2, 0.25) is 0 Å². The first kappa shape index (κ1) is 16.0. The normalized spacial score (nSPS) is 30.8. The number of aryl methyl sites for hydroxylation is 2. The molecule has 22 heavy (non-hydrogen) atoms. The Morgan fingerprint density at radius 1 is 1.18 bits per heavy atom. The topological polar surface area (TPSA) is 23.5 Å². The molecule has 1 aliphatic carbocycles. The van der Waals surface area contributed by atoms with Gasteiger partial charge in [0.25, 0.3) is 0 Å². The maximum Gasteiger partial charge on any atom is 0.0695 e. The fourth-order valence-electron chi connectivity index (χ4n) is 4.53. The molecule has 2 fully saturated rings. The third-order valence-electron chi connectivity index (χ3n) is 5.91. The maximum absolute atomic E-state index is 10.6. The zero-order valence-electron chi connectivity index (χ0n) is 14.4. The number of β-amino-alcohol motifs (C(OH)–C–C–N with tert-alkyl or cyclic N) is 1. The lowest BCUT2D eigenvalue weighted by atomic mass is 9.57. The molecule has 1 aromatic carbocycles. The molecule has 0 radical (unpaired) electrons. The van der Waals surface area contributed by atoms with Crippen LogP contribution in [0.5, 0.6) is 0 Å². The number of benzene rings is 1. The van der Waals surface area contributed by atoms with Gasteiger partial charge < -0.3 is 10.0 Å². The molecule has 0 spiro atoms. The molecule has 1 N–H and O–H groups in total. The van der Waals surface area contributed by atoms with Crippen LogP contribution in [-0.2, 0) is 5.41 Å². The fraction of sp³-hybridized carbons (Fsp3) is 0.700. The van der Waals surface area contributed by atoms with E-state index in [1.54, 1.807) is 0 Å². The molecule has 2 heteroatoms. The molecule has 2 aliphatic rings. The first-order valence-electron chi connectivity index (χ1n) is 8.96. The average Bonchev–Trinajstić information content (AvgIpc) is 2.47. The summed E-state index contributed by atoms with van der Waals surface area (Å²) in [6.45, 7) is 10.0. The van der Waals surface area contributed by atoms with Crippen molar-refractivity contribution in [3.05, 3.63) is 34.9 Å². The van der Waals surface area contributed by atoms with E-state index in [1.165, 1.54) is 49.0 Å². The number of aliphatic hydroxyl groups is 1. The van der Waals surface area contributed by atoms with Gasteiger partial charge >= 0.3 is 0 Å². The van der Waals surface area contributed by atoms with Crippen molar-refractivity contribution in [2.75, 3.05) is 19.6 Å². The monoisotopic (exact) mass is 301 g/mol. The van der Waals surface area contributed by atoms with Crippen molar-refractivity contribution in [2.45, 2.75) is 64.4 Å². The molecule has 1 aliphatic heterocycles. The largest absolute Gasteiger partial charge is 0.392 e. The van der Waals surface area contributed by atoms with E-state index in [0.29, 0.717) is 5.92 Å². The molecule has 0 aromatic heterocycles. The molecular formula is C20H31NO. The predicted octanol–water partition coefficient (Wildman–Crippen LogP) is 3.82. The molecule has 1 saturated carbocycles. The lowest BCUT2D eigenvalue weighted by Gasteiger charge is -2.49. The molecule has 2 nitrogen and oxygen atoms in total. The Balaban J connectivity index is 1.59. The van der Waals surface area contributed by atoms with Crippen molar-refractivity contribution in [1.29, 1.82) is 0 Å². The molecule has 0 unspecified atom stereocenters. The molecular weight excluding hydrogens is 270 g/mol. The number of aliphatic hydroxyl groups excluding tert-OH is 1. The number of rotatable bonds is 4. The van der Waals surface area contributed by atoms with Gasteiger partial charge in [0.2, 0.25) is 0 Å². The highest BCUT2D eigenvalue weighted by Crippen LogP contribution is 2.50. The SMILES string of the molecule is Cc1ccc(C)c(C2(C)CC([C@H](O)CN3CCCCC3)C2)c1. The summed E-state index contributed by atoms with van der Waals surface area (Å²) in [5, 5.41) is 10.6. The van der Waals surface area contributed by atoms with E-state index in [9.17, 15) is 5.11 Å². The van der Waals surface area contributed by atoms with Gasteiger partial charge in [0.1, 0.15) is 0 Å². The van der Waals surface area contributed by atoms with Crippen LogP contribution in [-0.4, -0.2) is 35.7 Å². The summed E-state index contributed by atoms with van der Waals surface area (Å²) < 4.78 is 0. The van der Waals surface area contributed by atoms with Gasteiger partial charge in [-0.05, 0) is 75.1 Å². The minimum Gasteiger partial charge on any atom is -0.392 e. The van der Waals surface area contributed by atoms with Crippen LogP contribution in [0.1, 0.15) is 55.7 Å². The van der Waals surface area contributed by atoms with Crippen molar-refractivity contribution in [3.8, 4) is 0 Å². The lowest BCUT2D eigenvalue weighted by molar-refractivity contribution is -0.00873. The molecule has 1 atom stereocenters. The van der Waals surface area contributed by atoms with Crippen LogP contribution in [0.3, 0.4) is 0 Å². The van der Waals surface area contributed by atoms with E-state index in [0.717, 1.165) is 19.4 Å². The smallest absolute Gasteiger partial charge is 0.0695 e. The quantitative estimate of drug-likeness (QED) is 0.914. The fourth-order valence-corrected chi connectivity index (χ4v) is 4.53. The maximum atomic E-state index is 10.6. The summed E-state index contributed by atoms with van der Waals surface area (Å²) in [5.74, 6) is 0.479. The van der Waals surface area contributed by atoms with Gasteiger partial charge in [0, 0.05) is 6.54 Å². The van der Waals surface area contributed by atoms with Crippen LogP contribution in [0.25, 0.3) is 0 Å². The van der Waals surface area contributed by atoms with Crippen LogP contribution in [0, 0.1) is 19.8 Å². The molecule has 1 heterocycles. The van der Waals surface area contributed by atoms with Gasteiger partial charge in [-0.3, -0.25) is 0 Å². The van der Waals surface area contributed by atoms with Crippen molar-refractivity contribution >= 4 is 0 Å². The highest BCUT2D eigenvalue weighted by Gasteiger charge is 2.45. The van der Waals surface area contributed by atoms with Gasteiger partial charge in [0.05, 0.1) is 6.10 Å². The van der Waals surface area contributed by atoms with Gasteiger partial charge in [-0.1, -0.05) is 37.1 Å². The minimum atomic E-state index is -0.142. The van der Waals surface area contributed by atoms with Crippen LogP contribution in [0.4, 0.5) is 0 Å². The Kier molecular flexibility index (Phi) is 4.61. The molecule has 1 saturated heterocycles. The number of piperidine rings is 1. The van der Waals surface area contributed by atoms with Gasteiger partial charge in [0.15, 0.2) is 0 Å². The molecule has 122 valence electrons. The van der Waals surface area contributed by atoms with E-state index >= 15 is 0 Å². The number of nitrogens with zero attached hydrogens (tertiary/aromatic N) is 1. The first-order chi connectivity index (χ1) is 10.5. The van der Waals surface area contributed by atoms with E-state index in [2.05, 4.69) is 43.9 Å². The Morgan fingerprint density at radius 2 is 1.86 bits per heavy atom. The second-order valence-electron chi connectivity index (χ2n) is 7.98. The van der Waals surface area contributed by atoms with Gasteiger partial charge in [-0.25, -0.2) is 0 Å². The van der Waals surface area contributed by atoms with E-state index in [4.69, 9.17) is 0 Å². The number of hydrogen-bond donors (Lipinski definition) is 1. The lowest BCUT2D eigenvalue weighted by Crippen LogP contribution is -2.48. The Labute approximate surface area is 135 Å². The summed E-state index contributed by atoms with van der Waals surface area (Å²) in [6.07, 6.45) is 6.09. The third-order valence-corrected chi connectivity index (χ3v) is 5.91. The summed E-state index contributed by atoms with van der Waals surface area (Å²) in [6, 6.07) is 6.79. The van der Waals surface area contributed by atoms with Crippen LogP contribution >= 0.6 is 0 Å². The van der Waals surface area contributed by atoms with Crippen molar-refractivity contribution in [2.24, 2.45) is 5.92 Å². The summed E-state index contributed by atoms with van der Waals surface area (Å²) in [7, 11) is 0. The Morgan fingerprint density at radius 3 is 2.55 bits per heavy atom. The number of likely N-dealkylation sites (tertiary alicyclic amines) is 1. The van der Waals surface area contributed by atoms with Crippen molar-refractivity contribution < 1.29 is 5.11 Å². The third kappa shape index (κ3) is 3.23. The Bertz CT molecular complexity index is 512. The second kappa shape index (κ2) is 6.33. The second-order valence-corrected chi connectivity index (χ2v) is 7.98. The van der Waals surface area contributed by atoms with Gasteiger partial charge in [-0.15, -0.1) is 0 Å². The first-order valence-corrected chi connectivity index (χ1v) is 8.96. The molecule has 1 aromatic rings. The molecule has 3 rings (SSSR count). The van der Waals surface area contributed by atoms with E-state index < -0.39 is 0 Å². The zero-order chi connectivity index (χ0) is 15.7. The van der Waals surface area contributed by atoms with Gasteiger partial charge in [-0.2, -0.15) is 0 Å². The highest BCUT2D eigenvalue weighted by molar-refractivity contribution is 5.38. The standard InChI is InChI=1S/C20H31NO/c1-15-7-8-16(2)18(11-15)20(3)12-17(13-20)19(22)14-21-9-5-4-6-10-21/h7-8,11,17,19,22H,4-6,9-10,12-14H2,1-3H3/t17?,19-,20?/m1/s1. The Hall–Kier alpha value is -0.860. The average molecular weight is 301 g/mol. The van der Waals surface area contributed by atoms with Crippen LogP contribution in [0.15, 0.2) is 18.2 Å². The predicted molar refractivity (Wildman–Crippen MR) is 92.3 cm³/mol. The number of hydrogen-bond acceptors (Lipinski definition) is 2. The van der Waals surface area contributed by atoms with E-state index in [1.807, 2.05) is 0 Å². The van der Waals surface area contributed by atoms with Crippen LogP contribution < -0.4 is 0 Å². The summed E-state index contributed by atoms with van der Waals surface area (Å²) in [4.78, 5) is 2.46. The zero-order valence-corrected chi connectivity index (χ0v) is 14.4. The molecule has 0 bridgehead atoms.